The van der Waals surface area contributed by atoms with Crippen molar-refractivity contribution in [3.63, 3.8) is 0 Å². The van der Waals surface area contributed by atoms with E-state index in [1.165, 1.54) is 6.92 Å². The first-order chi connectivity index (χ1) is 11.8. The summed E-state index contributed by atoms with van der Waals surface area (Å²) in [4.78, 5) is 26.7. The van der Waals surface area contributed by atoms with Gasteiger partial charge in [0, 0.05) is 51.1 Å². The standard InChI is InChI=1S/C16H22ClN3O4S/c1-13(21)19-8-10-20(11-9-19)16(22)6-7-18-25(23,24)12-14-2-4-15(17)5-3-14/h2-5,18H,6-12H2,1H3. The summed E-state index contributed by atoms with van der Waals surface area (Å²) in [5, 5.41) is 0.546. The Labute approximate surface area is 153 Å². The van der Waals surface area contributed by atoms with E-state index in [1.807, 2.05) is 0 Å². The van der Waals surface area contributed by atoms with Crippen LogP contribution < -0.4 is 4.72 Å². The molecule has 0 aliphatic carbocycles. The molecule has 0 aromatic heterocycles. The van der Waals surface area contributed by atoms with Gasteiger partial charge in [0.05, 0.1) is 5.75 Å². The molecule has 1 aliphatic heterocycles. The molecule has 2 rings (SSSR count). The number of hydrogen-bond acceptors (Lipinski definition) is 4. The summed E-state index contributed by atoms with van der Waals surface area (Å²) in [7, 11) is -3.51. The van der Waals surface area contributed by atoms with E-state index in [-0.39, 0.29) is 30.5 Å². The monoisotopic (exact) mass is 387 g/mol. The number of halogens is 1. The van der Waals surface area contributed by atoms with Crippen LogP contribution in [0.25, 0.3) is 0 Å². The maximum absolute atomic E-state index is 12.1. The van der Waals surface area contributed by atoms with Crippen LogP contribution in [0.4, 0.5) is 0 Å². The summed E-state index contributed by atoms with van der Waals surface area (Å²) in [6.45, 7) is 3.56. The molecule has 7 nitrogen and oxygen atoms in total. The zero-order chi connectivity index (χ0) is 18.4. The number of piperazine rings is 1. The molecule has 25 heavy (non-hydrogen) atoms. The Kier molecular flexibility index (Phi) is 6.80. The summed E-state index contributed by atoms with van der Waals surface area (Å²) in [5.41, 5.74) is 0.628. The van der Waals surface area contributed by atoms with Crippen molar-refractivity contribution in [1.82, 2.24) is 14.5 Å². The van der Waals surface area contributed by atoms with E-state index in [0.717, 1.165) is 0 Å². The molecule has 0 atom stereocenters. The van der Waals surface area contributed by atoms with Crippen LogP contribution in [0, 0.1) is 0 Å². The number of sulfonamides is 1. The lowest BCUT2D eigenvalue weighted by atomic mass is 10.2. The van der Waals surface area contributed by atoms with Crippen LogP contribution in [0.3, 0.4) is 0 Å². The molecular formula is C16H22ClN3O4S. The van der Waals surface area contributed by atoms with Gasteiger partial charge < -0.3 is 9.80 Å². The molecule has 0 bridgehead atoms. The molecule has 1 saturated heterocycles. The normalized spacial score (nSPS) is 15.3. The van der Waals surface area contributed by atoms with Gasteiger partial charge in [0.1, 0.15) is 0 Å². The summed E-state index contributed by atoms with van der Waals surface area (Å²) in [5.74, 6) is -0.269. The summed E-state index contributed by atoms with van der Waals surface area (Å²) in [6, 6.07) is 6.58. The molecule has 0 unspecified atom stereocenters. The Bertz CT molecular complexity index is 713. The summed E-state index contributed by atoms with van der Waals surface area (Å²) < 4.78 is 26.5. The molecule has 0 saturated carbocycles. The molecular weight excluding hydrogens is 366 g/mol. The Morgan fingerprint density at radius 2 is 1.64 bits per heavy atom. The van der Waals surface area contributed by atoms with Crippen LogP contribution in [-0.2, 0) is 25.4 Å². The first-order valence-corrected chi connectivity index (χ1v) is 10.0. The fraction of sp³-hybridized carbons (Fsp3) is 0.500. The van der Waals surface area contributed by atoms with Gasteiger partial charge in [0.15, 0.2) is 0 Å². The number of rotatable bonds is 6. The van der Waals surface area contributed by atoms with E-state index in [4.69, 9.17) is 11.6 Å². The van der Waals surface area contributed by atoms with Crippen molar-refractivity contribution < 1.29 is 18.0 Å². The lowest BCUT2D eigenvalue weighted by Crippen LogP contribution is -2.50. The third-order valence-corrected chi connectivity index (χ3v) is 5.62. The Balaban J connectivity index is 1.75. The van der Waals surface area contributed by atoms with E-state index >= 15 is 0 Å². The highest BCUT2D eigenvalue weighted by Crippen LogP contribution is 2.11. The quantitative estimate of drug-likeness (QED) is 0.783. The number of carbonyl (C=O) groups excluding carboxylic acids is 2. The van der Waals surface area contributed by atoms with Gasteiger partial charge in [-0.2, -0.15) is 0 Å². The lowest BCUT2D eigenvalue weighted by molar-refractivity contribution is -0.138. The van der Waals surface area contributed by atoms with Gasteiger partial charge in [0.25, 0.3) is 0 Å². The number of amides is 2. The van der Waals surface area contributed by atoms with Crippen molar-refractivity contribution in [3.05, 3.63) is 34.9 Å². The number of hydrogen-bond donors (Lipinski definition) is 1. The molecule has 1 aromatic carbocycles. The first-order valence-electron chi connectivity index (χ1n) is 8.02. The van der Waals surface area contributed by atoms with Gasteiger partial charge in [-0.3, -0.25) is 9.59 Å². The second-order valence-electron chi connectivity index (χ2n) is 5.92. The predicted octanol–water partition coefficient (Wildman–Crippen LogP) is 0.840. The van der Waals surface area contributed by atoms with Crippen LogP contribution >= 0.6 is 11.6 Å². The second kappa shape index (κ2) is 8.64. The topological polar surface area (TPSA) is 86.8 Å². The summed E-state index contributed by atoms with van der Waals surface area (Å²) in [6.07, 6.45) is 0.0971. The molecule has 1 aromatic rings. The molecule has 1 aliphatic rings. The lowest BCUT2D eigenvalue weighted by Gasteiger charge is -2.34. The third kappa shape index (κ3) is 6.30. The third-order valence-electron chi connectivity index (χ3n) is 4.01. The van der Waals surface area contributed by atoms with E-state index in [1.54, 1.807) is 34.1 Å². The van der Waals surface area contributed by atoms with Crippen molar-refractivity contribution in [2.24, 2.45) is 0 Å². The number of nitrogens with zero attached hydrogens (tertiary/aromatic N) is 2. The molecule has 2 amide bonds. The molecule has 138 valence electrons. The van der Waals surface area contributed by atoms with Crippen LogP contribution in [-0.4, -0.2) is 62.8 Å². The smallest absolute Gasteiger partial charge is 0.224 e. The van der Waals surface area contributed by atoms with Gasteiger partial charge in [-0.1, -0.05) is 23.7 Å². The van der Waals surface area contributed by atoms with Gasteiger partial charge in [-0.25, -0.2) is 13.1 Å². The van der Waals surface area contributed by atoms with Gasteiger partial charge in [-0.05, 0) is 17.7 Å². The van der Waals surface area contributed by atoms with Crippen molar-refractivity contribution in [2.75, 3.05) is 32.7 Å². The van der Waals surface area contributed by atoms with Gasteiger partial charge >= 0.3 is 0 Å². The maximum atomic E-state index is 12.1. The van der Waals surface area contributed by atoms with Crippen molar-refractivity contribution in [3.8, 4) is 0 Å². The maximum Gasteiger partial charge on any atom is 0.224 e. The second-order valence-corrected chi connectivity index (χ2v) is 8.16. The minimum Gasteiger partial charge on any atom is -0.339 e. The van der Waals surface area contributed by atoms with Gasteiger partial charge in [0.2, 0.25) is 21.8 Å². The average molecular weight is 388 g/mol. The Morgan fingerprint density at radius 1 is 1.08 bits per heavy atom. The molecule has 0 spiro atoms. The minimum absolute atomic E-state index is 0.00191. The zero-order valence-electron chi connectivity index (χ0n) is 14.1. The number of nitrogens with one attached hydrogen (secondary N) is 1. The van der Waals surface area contributed by atoms with Crippen molar-refractivity contribution >= 4 is 33.4 Å². The number of carbonyl (C=O) groups is 2. The molecule has 1 heterocycles. The zero-order valence-corrected chi connectivity index (χ0v) is 15.6. The molecule has 1 fully saturated rings. The van der Waals surface area contributed by atoms with E-state index < -0.39 is 10.0 Å². The van der Waals surface area contributed by atoms with E-state index in [0.29, 0.717) is 36.8 Å². The number of benzene rings is 1. The molecule has 1 N–H and O–H groups in total. The van der Waals surface area contributed by atoms with Crippen molar-refractivity contribution in [1.29, 1.82) is 0 Å². The highest BCUT2D eigenvalue weighted by Gasteiger charge is 2.22. The fourth-order valence-electron chi connectivity index (χ4n) is 2.59. The van der Waals surface area contributed by atoms with Crippen molar-refractivity contribution in [2.45, 2.75) is 19.1 Å². The van der Waals surface area contributed by atoms with Gasteiger partial charge in [-0.15, -0.1) is 0 Å². The largest absolute Gasteiger partial charge is 0.339 e. The van der Waals surface area contributed by atoms with Crippen LogP contribution in [0.5, 0.6) is 0 Å². The highest BCUT2D eigenvalue weighted by molar-refractivity contribution is 7.88. The highest BCUT2D eigenvalue weighted by atomic mass is 35.5. The predicted molar refractivity (Wildman–Crippen MR) is 95.5 cm³/mol. The molecule has 0 radical (unpaired) electrons. The Hall–Kier alpha value is -1.64. The van der Waals surface area contributed by atoms with Crippen LogP contribution in [0.2, 0.25) is 5.02 Å². The molecule has 9 heteroatoms. The average Bonchev–Trinajstić information content (AvgIpc) is 2.56. The summed E-state index contributed by atoms with van der Waals surface area (Å²) >= 11 is 5.77. The van der Waals surface area contributed by atoms with Crippen LogP contribution in [0.15, 0.2) is 24.3 Å². The first kappa shape index (κ1) is 19.7. The Morgan fingerprint density at radius 3 is 2.20 bits per heavy atom. The van der Waals surface area contributed by atoms with E-state index in [9.17, 15) is 18.0 Å². The SMILES string of the molecule is CC(=O)N1CCN(C(=O)CCNS(=O)(=O)Cc2ccc(Cl)cc2)CC1. The minimum atomic E-state index is -3.51. The van der Waals surface area contributed by atoms with Crippen LogP contribution in [0.1, 0.15) is 18.9 Å². The van der Waals surface area contributed by atoms with E-state index in [2.05, 4.69) is 4.72 Å². The fourth-order valence-corrected chi connectivity index (χ4v) is 3.87.